The van der Waals surface area contributed by atoms with Crippen molar-refractivity contribution in [3.05, 3.63) is 0 Å². The summed E-state index contributed by atoms with van der Waals surface area (Å²) in [7, 11) is 0. The molecule has 78 valence electrons. The minimum atomic E-state index is -0.387. The first-order chi connectivity index (χ1) is 6.26. The second-order valence-corrected chi connectivity index (χ2v) is 2.98. The summed E-state index contributed by atoms with van der Waals surface area (Å²) in [5.74, 6) is 4.76. The van der Waals surface area contributed by atoms with Crippen molar-refractivity contribution in [3.8, 4) is 0 Å². The normalized spacial score (nSPS) is 12.5. The van der Waals surface area contributed by atoms with Gasteiger partial charge in [-0.25, -0.2) is 5.84 Å². The van der Waals surface area contributed by atoms with Crippen LogP contribution < -0.4 is 11.3 Å². The Morgan fingerprint density at radius 2 is 2.15 bits per heavy atom. The Kier molecular flexibility index (Phi) is 7.63. The average molecular weight is 188 g/mol. The highest BCUT2D eigenvalue weighted by Crippen LogP contribution is 2.01. The highest BCUT2D eigenvalue weighted by molar-refractivity contribution is 5.79. The minimum Gasteiger partial charge on any atom is -0.368 e. The fourth-order valence-corrected chi connectivity index (χ4v) is 1.05. The van der Waals surface area contributed by atoms with Crippen LogP contribution in [0, 0.1) is 0 Å². The largest absolute Gasteiger partial charge is 0.368 e. The van der Waals surface area contributed by atoms with E-state index in [2.05, 4.69) is 12.3 Å². The molecule has 0 aromatic heterocycles. The van der Waals surface area contributed by atoms with E-state index in [0.717, 1.165) is 19.3 Å². The molecule has 1 unspecified atom stereocenters. The fourth-order valence-electron chi connectivity index (χ4n) is 1.05. The van der Waals surface area contributed by atoms with Crippen LogP contribution >= 0.6 is 0 Å². The van der Waals surface area contributed by atoms with Crippen molar-refractivity contribution in [1.29, 1.82) is 0 Å². The summed E-state index contributed by atoms with van der Waals surface area (Å²) < 4.78 is 5.35. The zero-order valence-electron chi connectivity index (χ0n) is 8.51. The van der Waals surface area contributed by atoms with Gasteiger partial charge in [0, 0.05) is 6.61 Å². The molecule has 0 spiro atoms. The number of hydrazine groups is 1. The standard InChI is InChI=1S/C9H20N2O2/c1-3-5-6-7-13-8(4-2)9(12)11-10/h8H,3-7,10H2,1-2H3,(H,11,12). The Hall–Kier alpha value is -0.610. The topological polar surface area (TPSA) is 64.3 Å². The van der Waals surface area contributed by atoms with Gasteiger partial charge in [0.05, 0.1) is 0 Å². The third-order valence-corrected chi connectivity index (χ3v) is 1.87. The molecule has 0 aliphatic rings. The lowest BCUT2D eigenvalue weighted by atomic mass is 10.2. The first kappa shape index (κ1) is 12.4. The molecule has 0 heterocycles. The highest BCUT2D eigenvalue weighted by Gasteiger charge is 2.14. The van der Waals surface area contributed by atoms with E-state index in [1.807, 2.05) is 6.92 Å². The van der Waals surface area contributed by atoms with Gasteiger partial charge in [0.2, 0.25) is 0 Å². The molecule has 0 bridgehead atoms. The Balaban J connectivity index is 3.53. The first-order valence-electron chi connectivity index (χ1n) is 4.88. The monoisotopic (exact) mass is 188 g/mol. The molecule has 3 N–H and O–H groups in total. The third kappa shape index (κ3) is 5.60. The Bertz CT molecular complexity index is 140. The zero-order chi connectivity index (χ0) is 10.1. The number of carbonyl (C=O) groups excluding carboxylic acids is 1. The van der Waals surface area contributed by atoms with Crippen LogP contribution in [0.15, 0.2) is 0 Å². The Labute approximate surface area is 79.8 Å². The molecule has 0 saturated heterocycles. The number of nitrogens with one attached hydrogen (secondary N) is 1. The maximum atomic E-state index is 11.0. The molecule has 0 aromatic rings. The Morgan fingerprint density at radius 1 is 1.46 bits per heavy atom. The number of hydrogen-bond donors (Lipinski definition) is 2. The van der Waals surface area contributed by atoms with E-state index in [4.69, 9.17) is 10.6 Å². The third-order valence-electron chi connectivity index (χ3n) is 1.87. The number of hydrogen-bond acceptors (Lipinski definition) is 3. The van der Waals surface area contributed by atoms with E-state index in [-0.39, 0.29) is 12.0 Å². The predicted octanol–water partition coefficient (Wildman–Crippen LogP) is 0.962. The molecule has 0 aliphatic carbocycles. The summed E-state index contributed by atoms with van der Waals surface area (Å²) in [6, 6.07) is 0. The second-order valence-electron chi connectivity index (χ2n) is 2.98. The zero-order valence-corrected chi connectivity index (χ0v) is 8.51. The van der Waals surface area contributed by atoms with Crippen LogP contribution in [0.5, 0.6) is 0 Å². The van der Waals surface area contributed by atoms with Gasteiger partial charge >= 0.3 is 0 Å². The lowest BCUT2D eigenvalue weighted by molar-refractivity contribution is -0.133. The van der Waals surface area contributed by atoms with Crippen molar-refractivity contribution < 1.29 is 9.53 Å². The molecule has 0 rings (SSSR count). The molecule has 0 radical (unpaired) electrons. The van der Waals surface area contributed by atoms with Gasteiger partial charge in [0.1, 0.15) is 6.10 Å². The minimum absolute atomic E-state index is 0.237. The maximum absolute atomic E-state index is 11.0. The van der Waals surface area contributed by atoms with Crippen LogP contribution in [-0.4, -0.2) is 18.6 Å². The maximum Gasteiger partial charge on any atom is 0.262 e. The number of amides is 1. The molecule has 13 heavy (non-hydrogen) atoms. The number of nitrogens with two attached hydrogens (primary N) is 1. The molecular weight excluding hydrogens is 168 g/mol. The Morgan fingerprint density at radius 3 is 2.62 bits per heavy atom. The van der Waals surface area contributed by atoms with Crippen molar-refractivity contribution in [3.63, 3.8) is 0 Å². The van der Waals surface area contributed by atoms with Crippen LogP contribution in [0.1, 0.15) is 39.5 Å². The van der Waals surface area contributed by atoms with Crippen LogP contribution in [-0.2, 0) is 9.53 Å². The van der Waals surface area contributed by atoms with Gasteiger partial charge in [-0.3, -0.25) is 10.2 Å². The van der Waals surface area contributed by atoms with Gasteiger partial charge in [-0.2, -0.15) is 0 Å². The predicted molar refractivity (Wildman–Crippen MR) is 51.9 cm³/mol. The molecule has 4 heteroatoms. The van der Waals surface area contributed by atoms with Crippen molar-refractivity contribution in [2.75, 3.05) is 6.61 Å². The van der Waals surface area contributed by atoms with Gasteiger partial charge in [0.15, 0.2) is 0 Å². The van der Waals surface area contributed by atoms with E-state index in [0.29, 0.717) is 13.0 Å². The van der Waals surface area contributed by atoms with Gasteiger partial charge in [-0.05, 0) is 12.8 Å². The van der Waals surface area contributed by atoms with Crippen LogP contribution in [0.4, 0.5) is 0 Å². The van der Waals surface area contributed by atoms with E-state index < -0.39 is 0 Å². The summed E-state index contributed by atoms with van der Waals surface area (Å²) in [5.41, 5.74) is 2.09. The molecule has 0 aliphatic heterocycles. The smallest absolute Gasteiger partial charge is 0.262 e. The van der Waals surface area contributed by atoms with Crippen LogP contribution in [0.2, 0.25) is 0 Å². The molecule has 0 saturated carbocycles. The molecule has 0 aromatic carbocycles. The van der Waals surface area contributed by atoms with E-state index in [9.17, 15) is 4.79 Å². The van der Waals surface area contributed by atoms with Gasteiger partial charge in [-0.15, -0.1) is 0 Å². The summed E-state index contributed by atoms with van der Waals surface area (Å²) >= 11 is 0. The van der Waals surface area contributed by atoms with Crippen molar-refractivity contribution in [2.24, 2.45) is 5.84 Å². The molecule has 1 amide bonds. The van der Waals surface area contributed by atoms with Crippen molar-refractivity contribution in [1.82, 2.24) is 5.43 Å². The average Bonchev–Trinajstić information content (AvgIpc) is 2.17. The summed E-state index contributed by atoms with van der Waals surface area (Å²) in [4.78, 5) is 11.0. The molecule has 0 fully saturated rings. The fraction of sp³-hybridized carbons (Fsp3) is 0.889. The number of rotatable bonds is 7. The number of ether oxygens (including phenoxy) is 1. The van der Waals surface area contributed by atoms with Crippen molar-refractivity contribution >= 4 is 5.91 Å². The number of carbonyl (C=O) groups is 1. The van der Waals surface area contributed by atoms with E-state index in [1.54, 1.807) is 0 Å². The van der Waals surface area contributed by atoms with Gasteiger partial charge < -0.3 is 4.74 Å². The van der Waals surface area contributed by atoms with E-state index in [1.165, 1.54) is 0 Å². The molecule has 4 nitrogen and oxygen atoms in total. The second kappa shape index (κ2) is 8.01. The summed E-state index contributed by atoms with van der Waals surface area (Å²) in [6.45, 7) is 4.67. The van der Waals surface area contributed by atoms with E-state index >= 15 is 0 Å². The van der Waals surface area contributed by atoms with Crippen LogP contribution in [0.3, 0.4) is 0 Å². The van der Waals surface area contributed by atoms with Crippen molar-refractivity contribution in [2.45, 2.75) is 45.6 Å². The lowest BCUT2D eigenvalue weighted by Gasteiger charge is -2.13. The highest BCUT2D eigenvalue weighted by atomic mass is 16.5. The first-order valence-corrected chi connectivity index (χ1v) is 4.88. The molecule has 1 atom stereocenters. The number of unbranched alkanes of at least 4 members (excludes halogenated alkanes) is 2. The van der Waals surface area contributed by atoms with Gasteiger partial charge in [0.25, 0.3) is 5.91 Å². The SMILES string of the molecule is CCCCCOC(CC)C(=O)NN. The molecular formula is C9H20N2O2. The van der Waals surface area contributed by atoms with Crippen LogP contribution in [0.25, 0.3) is 0 Å². The summed E-state index contributed by atoms with van der Waals surface area (Å²) in [5, 5.41) is 0. The lowest BCUT2D eigenvalue weighted by Crippen LogP contribution is -2.40. The quantitative estimate of drug-likeness (QED) is 0.271. The van der Waals surface area contributed by atoms with Gasteiger partial charge in [-0.1, -0.05) is 26.7 Å². The summed E-state index contributed by atoms with van der Waals surface area (Å²) in [6.07, 6.45) is 3.58.